The summed E-state index contributed by atoms with van der Waals surface area (Å²) in [6.07, 6.45) is 0. The van der Waals surface area contributed by atoms with Gasteiger partial charge in [0.05, 0.1) is 32.9 Å². The normalized spacial score (nSPS) is 18.3. The van der Waals surface area contributed by atoms with E-state index in [4.69, 9.17) is 33.2 Å². The number of benzene rings is 3. The number of ether oxygens (including phenoxy) is 7. The zero-order valence-electron chi connectivity index (χ0n) is 21.9. The molecule has 1 atom stereocenters. The van der Waals surface area contributed by atoms with Gasteiger partial charge in [0.2, 0.25) is 19.3 Å². The van der Waals surface area contributed by atoms with E-state index in [0.29, 0.717) is 51.4 Å². The smallest absolute Gasteiger partial charge is 0.295 e. The zero-order valence-corrected chi connectivity index (χ0v) is 21.9. The summed E-state index contributed by atoms with van der Waals surface area (Å²) in [5.41, 5.74) is 1.37. The fraction of sp³-hybridized carbons (Fsp3) is 0.241. The van der Waals surface area contributed by atoms with Gasteiger partial charge in [0.25, 0.3) is 11.7 Å². The molecule has 0 radical (unpaired) electrons. The van der Waals surface area contributed by atoms with Crippen LogP contribution in [0.5, 0.6) is 40.2 Å². The minimum absolute atomic E-state index is 0.00181. The maximum Gasteiger partial charge on any atom is 0.295 e. The number of amides is 1. The van der Waals surface area contributed by atoms with Crippen LogP contribution >= 0.6 is 0 Å². The number of Topliss-reactive ketones (excluding diaryl/α,β-unsaturated/α-hetero) is 1. The van der Waals surface area contributed by atoms with E-state index in [1.807, 2.05) is 0 Å². The lowest BCUT2D eigenvalue weighted by atomic mass is 9.94. The molecule has 0 aromatic heterocycles. The molecule has 1 amide bonds. The molecule has 0 spiro atoms. The van der Waals surface area contributed by atoms with E-state index in [0.717, 1.165) is 0 Å². The molecule has 0 aliphatic carbocycles. The van der Waals surface area contributed by atoms with Crippen molar-refractivity contribution in [3.8, 4) is 40.2 Å². The summed E-state index contributed by atoms with van der Waals surface area (Å²) in [4.78, 5) is 28.5. The number of fused-ring (bicyclic) bond motifs is 2. The van der Waals surface area contributed by atoms with Gasteiger partial charge in [-0.25, -0.2) is 0 Å². The summed E-state index contributed by atoms with van der Waals surface area (Å²) in [6.45, 7) is 0.148. The van der Waals surface area contributed by atoms with Crippen LogP contribution < -0.4 is 33.2 Å². The Morgan fingerprint density at radius 2 is 1.55 bits per heavy atom. The summed E-state index contributed by atoms with van der Waals surface area (Å²) < 4.78 is 38.2. The number of ketones is 1. The number of aliphatic hydroxyl groups is 1. The average molecular weight is 548 g/mol. The molecule has 6 rings (SSSR count). The summed E-state index contributed by atoms with van der Waals surface area (Å²) in [7, 11) is 4.44. The lowest BCUT2D eigenvalue weighted by Crippen LogP contribution is -2.29. The Kier molecular flexibility index (Phi) is 6.25. The summed E-state index contributed by atoms with van der Waals surface area (Å²) >= 11 is 0. The first kappa shape index (κ1) is 25.2. The van der Waals surface area contributed by atoms with Crippen LogP contribution in [0.15, 0.2) is 54.1 Å². The third-order valence-corrected chi connectivity index (χ3v) is 6.98. The number of methoxy groups -OCH3 is 3. The molecule has 206 valence electrons. The standard InChI is InChI=1S/C29H25NO10/c1-34-18-7-5-16(9-20(18)35-2)26(31)24-25(17-10-22(36-3)28-23(11-17)39-14-40-28)30(29(33)27(24)32)12-15-4-6-19-21(8-15)38-13-37-19/h4-11,25,31H,12-14H2,1-3H3. The topological polar surface area (TPSA) is 122 Å². The highest BCUT2D eigenvalue weighted by Gasteiger charge is 2.47. The molecule has 0 saturated carbocycles. The van der Waals surface area contributed by atoms with Crippen LogP contribution in [0, 0.1) is 0 Å². The Bertz CT molecular complexity index is 1560. The quantitative estimate of drug-likeness (QED) is 0.266. The van der Waals surface area contributed by atoms with Crippen LogP contribution in [0.4, 0.5) is 0 Å². The zero-order chi connectivity index (χ0) is 28.0. The first-order valence-electron chi connectivity index (χ1n) is 12.3. The van der Waals surface area contributed by atoms with Gasteiger partial charge in [-0.05, 0) is 53.6 Å². The number of hydrogen-bond acceptors (Lipinski definition) is 10. The molecule has 1 fully saturated rings. The van der Waals surface area contributed by atoms with Gasteiger partial charge < -0.3 is 43.2 Å². The van der Waals surface area contributed by atoms with Crippen LogP contribution in [0.2, 0.25) is 0 Å². The maximum absolute atomic E-state index is 13.6. The van der Waals surface area contributed by atoms with Crippen LogP contribution in [0.25, 0.3) is 5.76 Å². The van der Waals surface area contributed by atoms with Gasteiger partial charge >= 0.3 is 0 Å². The molecular weight excluding hydrogens is 522 g/mol. The molecule has 1 saturated heterocycles. The van der Waals surface area contributed by atoms with Crippen LogP contribution in [0.3, 0.4) is 0 Å². The van der Waals surface area contributed by atoms with E-state index < -0.39 is 17.7 Å². The molecule has 11 heteroatoms. The highest BCUT2D eigenvalue weighted by molar-refractivity contribution is 6.46. The Labute approximate surface area is 229 Å². The summed E-state index contributed by atoms with van der Waals surface area (Å²) in [5.74, 6) is 1.13. The molecule has 0 bridgehead atoms. The van der Waals surface area contributed by atoms with Crippen LogP contribution in [-0.4, -0.2) is 56.6 Å². The van der Waals surface area contributed by atoms with Crippen molar-refractivity contribution in [2.24, 2.45) is 0 Å². The van der Waals surface area contributed by atoms with E-state index in [1.165, 1.54) is 32.3 Å². The van der Waals surface area contributed by atoms with Gasteiger partial charge in [-0.3, -0.25) is 9.59 Å². The molecule has 3 aliphatic heterocycles. The van der Waals surface area contributed by atoms with Crippen molar-refractivity contribution in [3.63, 3.8) is 0 Å². The van der Waals surface area contributed by atoms with Gasteiger partial charge in [0, 0.05) is 12.1 Å². The lowest BCUT2D eigenvalue weighted by molar-refractivity contribution is -0.140. The fourth-order valence-corrected chi connectivity index (χ4v) is 5.07. The molecule has 1 N–H and O–H groups in total. The van der Waals surface area contributed by atoms with Gasteiger partial charge in [0.15, 0.2) is 34.5 Å². The Morgan fingerprint density at radius 1 is 0.825 bits per heavy atom. The van der Waals surface area contributed by atoms with Crippen molar-refractivity contribution in [3.05, 3.63) is 70.8 Å². The van der Waals surface area contributed by atoms with Crippen LogP contribution in [0.1, 0.15) is 22.7 Å². The van der Waals surface area contributed by atoms with Gasteiger partial charge in [0.1, 0.15) is 5.76 Å². The molecule has 3 aromatic carbocycles. The molecule has 3 aliphatic rings. The highest BCUT2D eigenvalue weighted by Crippen LogP contribution is 2.48. The van der Waals surface area contributed by atoms with Crippen molar-refractivity contribution in [1.29, 1.82) is 0 Å². The van der Waals surface area contributed by atoms with Crippen molar-refractivity contribution in [1.82, 2.24) is 4.90 Å². The second-order valence-electron chi connectivity index (χ2n) is 9.14. The molecule has 3 heterocycles. The summed E-state index contributed by atoms with van der Waals surface area (Å²) in [5, 5.41) is 11.5. The minimum Gasteiger partial charge on any atom is -0.507 e. The van der Waals surface area contributed by atoms with Crippen molar-refractivity contribution in [2.75, 3.05) is 34.9 Å². The van der Waals surface area contributed by atoms with Crippen molar-refractivity contribution >= 4 is 17.4 Å². The number of rotatable bonds is 7. The SMILES string of the molecule is COc1ccc(C(O)=C2C(=O)C(=O)N(Cc3ccc4c(c3)OCO4)C2c2cc(OC)c3c(c2)OCO3)cc1OC. The predicted molar refractivity (Wildman–Crippen MR) is 139 cm³/mol. The van der Waals surface area contributed by atoms with E-state index in [9.17, 15) is 14.7 Å². The average Bonchev–Trinajstić information content (AvgIpc) is 3.71. The first-order chi connectivity index (χ1) is 19.4. The molecule has 1 unspecified atom stereocenters. The lowest BCUT2D eigenvalue weighted by Gasteiger charge is -2.26. The van der Waals surface area contributed by atoms with E-state index >= 15 is 0 Å². The van der Waals surface area contributed by atoms with Gasteiger partial charge in [-0.2, -0.15) is 0 Å². The van der Waals surface area contributed by atoms with Crippen molar-refractivity contribution < 1.29 is 47.9 Å². The number of carbonyl (C=O) groups is 2. The highest BCUT2D eigenvalue weighted by atomic mass is 16.7. The van der Waals surface area contributed by atoms with Gasteiger partial charge in [-0.1, -0.05) is 6.07 Å². The number of likely N-dealkylation sites (tertiary alicyclic amines) is 1. The second kappa shape index (κ2) is 9.92. The number of nitrogens with zero attached hydrogens (tertiary/aromatic N) is 1. The monoisotopic (exact) mass is 547 g/mol. The molecular formula is C29H25NO10. The molecule has 40 heavy (non-hydrogen) atoms. The molecule has 3 aromatic rings. The third-order valence-electron chi connectivity index (χ3n) is 6.98. The van der Waals surface area contributed by atoms with E-state index in [-0.39, 0.29) is 37.0 Å². The predicted octanol–water partition coefficient (Wildman–Crippen LogP) is 3.79. The Balaban J connectivity index is 1.50. The van der Waals surface area contributed by atoms with Gasteiger partial charge in [-0.15, -0.1) is 0 Å². The second-order valence-corrected chi connectivity index (χ2v) is 9.14. The largest absolute Gasteiger partial charge is 0.507 e. The number of aliphatic hydroxyl groups excluding tert-OH is 1. The first-order valence-corrected chi connectivity index (χ1v) is 12.3. The number of hydrogen-bond donors (Lipinski definition) is 1. The van der Waals surface area contributed by atoms with Crippen LogP contribution in [-0.2, 0) is 16.1 Å². The summed E-state index contributed by atoms with van der Waals surface area (Å²) in [6, 6.07) is 12.4. The maximum atomic E-state index is 13.6. The Morgan fingerprint density at radius 3 is 2.33 bits per heavy atom. The third kappa shape index (κ3) is 4.06. The van der Waals surface area contributed by atoms with E-state index in [1.54, 1.807) is 42.5 Å². The molecule has 11 nitrogen and oxygen atoms in total. The Hall–Kier alpha value is -5.06. The fourth-order valence-electron chi connectivity index (χ4n) is 5.07. The number of carbonyl (C=O) groups excluding carboxylic acids is 2. The van der Waals surface area contributed by atoms with E-state index in [2.05, 4.69) is 0 Å². The minimum atomic E-state index is -0.984. The van der Waals surface area contributed by atoms with Crippen molar-refractivity contribution in [2.45, 2.75) is 12.6 Å².